The number of amides is 1. The molecule has 1 amide bonds. The molecule has 1 heterocycles. The first-order valence-electron chi connectivity index (χ1n) is 9.55. The minimum Gasteiger partial charge on any atom is -0.332 e. The van der Waals surface area contributed by atoms with Gasteiger partial charge in [-0.15, -0.1) is 0 Å². The topological polar surface area (TPSA) is 33.2 Å². The predicted molar refractivity (Wildman–Crippen MR) is 101 cm³/mol. The standard InChI is InChI=1S/C22H28N2O/c1-2-24(22(25)20-14-9-15-23-17-20)21(19-12-7-4-8-13-19)16-18-10-5-3-6-11-18/h4,7-9,12-15,17-18,21H,2-3,5-6,10-11,16H2,1H3. The lowest BCUT2D eigenvalue weighted by atomic mass is 9.82. The average Bonchev–Trinajstić information content (AvgIpc) is 2.70. The molecule has 25 heavy (non-hydrogen) atoms. The Morgan fingerprint density at radius 3 is 2.52 bits per heavy atom. The molecular weight excluding hydrogens is 308 g/mol. The lowest BCUT2D eigenvalue weighted by Crippen LogP contribution is -2.36. The van der Waals surface area contributed by atoms with E-state index < -0.39 is 0 Å². The van der Waals surface area contributed by atoms with Gasteiger partial charge in [0.15, 0.2) is 0 Å². The summed E-state index contributed by atoms with van der Waals surface area (Å²) in [5.74, 6) is 0.801. The van der Waals surface area contributed by atoms with Crippen molar-refractivity contribution in [3.8, 4) is 0 Å². The molecule has 1 atom stereocenters. The summed E-state index contributed by atoms with van der Waals surface area (Å²) >= 11 is 0. The largest absolute Gasteiger partial charge is 0.332 e. The second-order valence-corrected chi connectivity index (χ2v) is 7.00. The Balaban J connectivity index is 1.86. The number of benzene rings is 1. The lowest BCUT2D eigenvalue weighted by molar-refractivity contribution is 0.0651. The maximum Gasteiger partial charge on any atom is 0.255 e. The average molecular weight is 336 g/mol. The molecule has 2 aromatic rings. The Bertz CT molecular complexity index is 650. The van der Waals surface area contributed by atoms with E-state index in [0.717, 1.165) is 12.3 Å². The van der Waals surface area contributed by atoms with Crippen LogP contribution in [0.3, 0.4) is 0 Å². The zero-order valence-corrected chi connectivity index (χ0v) is 15.1. The van der Waals surface area contributed by atoms with E-state index in [4.69, 9.17) is 0 Å². The number of carbonyl (C=O) groups is 1. The molecule has 0 aliphatic heterocycles. The van der Waals surface area contributed by atoms with E-state index in [9.17, 15) is 4.79 Å². The molecule has 1 aromatic carbocycles. The van der Waals surface area contributed by atoms with Gasteiger partial charge in [-0.3, -0.25) is 9.78 Å². The molecule has 0 radical (unpaired) electrons. The van der Waals surface area contributed by atoms with Gasteiger partial charge in [0.2, 0.25) is 0 Å². The van der Waals surface area contributed by atoms with E-state index in [1.807, 2.05) is 23.1 Å². The highest BCUT2D eigenvalue weighted by atomic mass is 16.2. The summed E-state index contributed by atoms with van der Waals surface area (Å²) in [4.78, 5) is 19.3. The first-order chi connectivity index (χ1) is 12.3. The van der Waals surface area contributed by atoms with Crippen LogP contribution < -0.4 is 0 Å². The van der Waals surface area contributed by atoms with Crippen LogP contribution in [0.25, 0.3) is 0 Å². The van der Waals surface area contributed by atoms with Crippen LogP contribution in [0, 0.1) is 5.92 Å². The molecule has 0 bridgehead atoms. The lowest BCUT2D eigenvalue weighted by Gasteiger charge is -2.35. The molecule has 1 aliphatic rings. The van der Waals surface area contributed by atoms with Crippen LogP contribution in [0.1, 0.15) is 67.4 Å². The minimum absolute atomic E-state index is 0.0836. The molecule has 1 unspecified atom stereocenters. The molecule has 132 valence electrons. The van der Waals surface area contributed by atoms with E-state index in [-0.39, 0.29) is 11.9 Å². The fraction of sp³-hybridized carbons (Fsp3) is 0.455. The highest BCUT2D eigenvalue weighted by molar-refractivity contribution is 5.94. The number of carbonyl (C=O) groups excluding carboxylic acids is 1. The number of nitrogens with zero attached hydrogens (tertiary/aromatic N) is 2. The zero-order valence-electron chi connectivity index (χ0n) is 15.1. The number of pyridine rings is 1. The van der Waals surface area contributed by atoms with Crippen LogP contribution in [0.15, 0.2) is 54.9 Å². The van der Waals surface area contributed by atoms with Crippen molar-refractivity contribution in [1.29, 1.82) is 0 Å². The highest BCUT2D eigenvalue weighted by Gasteiger charge is 2.28. The molecule has 3 rings (SSSR count). The van der Waals surface area contributed by atoms with Crippen molar-refractivity contribution in [3.05, 3.63) is 66.0 Å². The normalized spacial score (nSPS) is 16.4. The first-order valence-corrected chi connectivity index (χ1v) is 9.55. The van der Waals surface area contributed by atoms with E-state index in [0.29, 0.717) is 12.1 Å². The zero-order chi connectivity index (χ0) is 17.5. The molecule has 3 nitrogen and oxygen atoms in total. The molecule has 0 spiro atoms. The van der Waals surface area contributed by atoms with Gasteiger partial charge in [0.1, 0.15) is 0 Å². The molecule has 3 heteroatoms. The Hall–Kier alpha value is -2.16. The summed E-state index contributed by atoms with van der Waals surface area (Å²) in [6.07, 6.45) is 11.0. The van der Waals surface area contributed by atoms with Gasteiger partial charge < -0.3 is 4.90 Å². The Morgan fingerprint density at radius 2 is 1.88 bits per heavy atom. The third kappa shape index (κ3) is 4.47. The van der Waals surface area contributed by atoms with E-state index in [1.165, 1.54) is 37.7 Å². The van der Waals surface area contributed by atoms with Crippen LogP contribution in [-0.4, -0.2) is 22.3 Å². The number of rotatable bonds is 6. The second kappa shape index (κ2) is 8.80. The summed E-state index contributed by atoms with van der Waals surface area (Å²) in [6.45, 7) is 2.78. The van der Waals surface area contributed by atoms with E-state index >= 15 is 0 Å². The summed E-state index contributed by atoms with van der Waals surface area (Å²) in [5, 5.41) is 0. The summed E-state index contributed by atoms with van der Waals surface area (Å²) in [6, 6.07) is 14.3. The van der Waals surface area contributed by atoms with Crippen LogP contribution in [-0.2, 0) is 0 Å². The van der Waals surface area contributed by atoms with Gasteiger partial charge in [-0.25, -0.2) is 0 Å². The summed E-state index contributed by atoms with van der Waals surface area (Å²) in [5.41, 5.74) is 1.92. The van der Waals surface area contributed by atoms with Crippen molar-refractivity contribution in [3.63, 3.8) is 0 Å². The maximum atomic E-state index is 13.1. The Labute approximate surface area is 151 Å². The van der Waals surface area contributed by atoms with Crippen molar-refractivity contribution in [2.75, 3.05) is 6.54 Å². The summed E-state index contributed by atoms with van der Waals surface area (Å²) in [7, 11) is 0. The number of aromatic nitrogens is 1. The van der Waals surface area contributed by atoms with Crippen molar-refractivity contribution in [1.82, 2.24) is 9.88 Å². The van der Waals surface area contributed by atoms with Crippen molar-refractivity contribution in [2.24, 2.45) is 5.92 Å². The van der Waals surface area contributed by atoms with Crippen LogP contribution in [0.4, 0.5) is 0 Å². The van der Waals surface area contributed by atoms with Crippen LogP contribution in [0.5, 0.6) is 0 Å². The molecule has 0 N–H and O–H groups in total. The van der Waals surface area contributed by atoms with Gasteiger partial charge in [0.25, 0.3) is 5.91 Å². The van der Waals surface area contributed by atoms with Gasteiger partial charge >= 0.3 is 0 Å². The molecule has 0 saturated heterocycles. The van der Waals surface area contributed by atoms with Crippen LogP contribution >= 0.6 is 0 Å². The highest BCUT2D eigenvalue weighted by Crippen LogP contribution is 2.35. The summed E-state index contributed by atoms with van der Waals surface area (Å²) < 4.78 is 0. The number of hydrogen-bond donors (Lipinski definition) is 0. The van der Waals surface area contributed by atoms with Gasteiger partial charge in [-0.2, -0.15) is 0 Å². The SMILES string of the molecule is CCN(C(=O)c1cccnc1)C(CC1CCCCC1)c1ccccc1. The quantitative estimate of drug-likeness (QED) is 0.721. The number of hydrogen-bond acceptors (Lipinski definition) is 2. The maximum absolute atomic E-state index is 13.1. The van der Waals surface area contributed by atoms with Crippen molar-refractivity contribution >= 4 is 5.91 Å². The Kier molecular flexibility index (Phi) is 6.21. The van der Waals surface area contributed by atoms with Gasteiger partial charge in [-0.1, -0.05) is 62.4 Å². The molecular formula is C22H28N2O. The monoisotopic (exact) mass is 336 g/mol. The van der Waals surface area contributed by atoms with E-state index in [1.54, 1.807) is 12.4 Å². The molecule has 1 aliphatic carbocycles. The minimum atomic E-state index is 0.0836. The van der Waals surface area contributed by atoms with Gasteiger partial charge in [-0.05, 0) is 37.0 Å². The fourth-order valence-corrected chi connectivity index (χ4v) is 4.02. The van der Waals surface area contributed by atoms with Gasteiger partial charge in [0.05, 0.1) is 11.6 Å². The molecule has 1 saturated carbocycles. The van der Waals surface area contributed by atoms with E-state index in [2.05, 4.69) is 36.2 Å². The smallest absolute Gasteiger partial charge is 0.255 e. The third-order valence-electron chi connectivity index (χ3n) is 5.35. The third-order valence-corrected chi connectivity index (χ3v) is 5.35. The predicted octanol–water partition coefficient (Wildman–Crippen LogP) is 5.26. The van der Waals surface area contributed by atoms with Crippen molar-refractivity contribution < 1.29 is 4.79 Å². The molecule has 1 fully saturated rings. The van der Waals surface area contributed by atoms with Crippen molar-refractivity contribution in [2.45, 2.75) is 51.5 Å². The fourth-order valence-electron chi connectivity index (χ4n) is 4.02. The molecule has 1 aromatic heterocycles. The Morgan fingerprint density at radius 1 is 1.12 bits per heavy atom. The van der Waals surface area contributed by atoms with Crippen LogP contribution in [0.2, 0.25) is 0 Å². The first kappa shape index (κ1) is 17.7. The second-order valence-electron chi connectivity index (χ2n) is 7.00. The van der Waals surface area contributed by atoms with Gasteiger partial charge in [0, 0.05) is 18.9 Å².